The molecule has 0 saturated heterocycles. The van der Waals surface area contributed by atoms with E-state index in [-0.39, 0.29) is 5.56 Å². The van der Waals surface area contributed by atoms with E-state index in [0.717, 1.165) is 18.2 Å². The first-order valence-electron chi connectivity index (χ1n) is 7.16. The lowest BCUT2D eigenvalue weighted by atomic mass is 10.1. The summed E-state index contributed by atoms with van der Waals surface area (Å²) in [6.07, 6.45) is 8.49. The molecule has 0 spiro atoms. The van der Waals surface area contributed by atoms with Crippen molar-refractivity contribution < 1.29 is 9.13 Å². The normalized spacial score (nSPS) is 10.2. The summed E-state index contributed by atoms with van der Waals surface area (Å²) in [5, 5.41) is 9.73. The molecule has 0 aliphatic heterocycles. The molecule has 110 valence electrons. The van der Waals surface area contributed by atoms with Crippen LogP contribution in [0, 0.1) is 17.1 Å². The van der Waals surface area contributed by atoms with Crippen LogP contribution in [0.25, 0.3) is 0 Å². The van der Waals surface area contributed by atoms with Crippen LogP contribution in [0.3, 0.4) is 0 Å². The molecule has 0 bridgehead atoms. The summed E-state index contributed by atoms with van der Waals surface area (Å²) < 4.78 is 18.8. The summed E-state index contributed by atoms with van der Waals surface area (Å²) in [5.41, 5.74) is 0.0563. The minimum Gasteiger partial charge on any atom is -0.493 e. The van der Waals surface area contributed by atoms with Crippen LogP contribution in [0.2, 0.25) is 0 Å². The van der Waals surface area contributed by atoms with E-state index < -0.39 is 5.82 Å². The van der Waals surface area contributed by atoms with Gasteiger partial charge in [-0.2, -0.15) is 5.26 Å². The van der Waals surface area contributed by atoms with E-state index in [1.807, 2.05) is 0 Å². The van der Waals surface area contributed by atoms with Crippen LogP contribution < -0.4 is 4.74 Å². The number of nitriles is 1. The first-order chi connectivity index (χ1) is 9.77. The van der Waals surface area contributed by atoms with Crippen LogP contribution in [0.1, 0.15) is 50.5 Å². The van der Waals surface area contributed by atoms with Crippen molar-refractivity contribution in [1.29, 1.82) is 5.26 Å². The van der Waals surface area contributed by atoms with E-state index in [1.54, 1.807) is 12.1 Å². The highest BCUT2D eigenvalue weighted by Crippen LogP contribution is 2.16. The Bertz CT molecular complexity index is 431. The quantitative estimate of drug-likeness (QED) is 0.432. The minimum atomic E-state index is -0.517. The van der Waals surface area contributed by atoms with Gasteiger partial charge in [-0.1, -0.05) is 48.0 Å². The van der Waals surface area contributed by atoms with Gasteiger partial charge in [0.05, 0.1) is 12.2 Å². The van der Waals surface area contributed by atoms with E-state index >= 15 is 0 Å². The molecule has 1 aromatic rings. The van der Waals surface area contributed by atoms with Crippen LogP contribution >= 0.6 is 15.9 Å². The zero-order valence-corrected chi connectivity index (χ0v) is 13.3. The lowest BCUT2D eigenvalue weighted by Crippen LogP contribution is -1.98. The second-order valence-electron chi connectivity index (χ2n) is 4.77. The lowest BCUT2D eigenvalue weighted by molar-refractivity contribution is 0.303. The molecule has 0 aliphatic rings. The van der Waals surface area contributed by atoms with E-state index in [0.29, 0.717) is 12.4 Å². The Balaban J connectivity index is 2.07. The minimum absolute atomic E-state index is 0.0563. The van der Waals surface area contributed by atoms with Crippen molar-refractivity contribution in [1.82, 2.24) is 0 Å². The third kappa shape index (κ3) is 6.91. The molecule has 0 radical (unpaired) electrons. The van der Waals surface area contributed by atoms with Gasteiger partial charge in [0, 0.05) is 11.4 Å². The van der Waals surface area contributed by atoms with Gasteiger partial charge in [-0.25, -0.2) is 4.39 Å². The highest BCUT2D eigenvalue weighted by Gasteiger charge is 2.03. The third-order valence-electron chi connectivity index (χ3n) is 3.11. The van der Waals surface area contributed by atoms with Crippen LogP contribution in [0.4, 0.5) is 4.39 Å². The van der Waals surface area contributed by atoms with Crippen LogP contribution in [-0.2, 0) is 0 Å². The molecule has 0 aliphatic carbocycles. The Hall–Kier alpha value is -1.08. The number of rotatable bonds is 10. The number of alkyl halides is 1. The predicted octanol–water partition coefficient (Wildman–Crippen LogP) is 5.20. The molecule has 0 atom stereocenters. The molecule has 2 nitrogen and oxygen atoms in total. The molecular formula is C16H21BrFNO. The van der Waals surface area contributed by atoms with Gasteiger partial charge in [-0.3, -0.25) is 0 Å². The Kier molecular flexibility index (Phi) is 9.06. The molecule has 0 aromatic heterocycles. The first kappa shape index (κ1) is 17.0. The fourth-order valence-electron chi connectivity index (χ4n) is 1.95. The first-order valence-corrected chi connectivity index (χ1v) is 8.28. The van der Waals surface area contributed by atoms with Crippen LogP contribution in [0.5, 0.6) is 5.75 Å². The van der Waals surface area contributed by atoms with E-state index in [9.17, 15) is 4.39 Å². The summed E-state index contributed by atoms with van der Waals surface area (Å²) >= 11 is 3.43. The molecule has 0 fully saturated rings. The summed E-state index contributed by atoms with van der Waals surface area (Å²) in [6.45, 7) is 0.604. The molecule has 0 saturated carbocycles. The monoisotopic (exact) mass is 341 g/mol. The largest absolute Gasteiger partial charge is 0.493 e. The molecule has 1 rings (SSSR count). The van der Waals surface area contributed by atoms with Crippen molar-refractivity contribution in [3.8, 4) is 11.8 Å². The lowest BCUT2D eigenvalue weighted by Gasteiger charge is -2.06. The van der Waals surface area contributed by atoms with Crippen molar-refractivity contribution in [3.05, 3.63) is 29.6 Å². The molecule has 4 heteroatoms. The Morgan fingerprint density at radius 1 is 1.05 bits per heavy atom. The van der Waals surface area contributed by atoms with Gasteiger partial charge in [0.25, 0.3) is 0 Å². The van der Waals surface area contributed by atoms with Crippen molar-refractivity contribution in [2.24, 2.45) is 0 Å². The summed E-state index contributed by atoms with van der Waals surface area (Å²) in [5.74, 6) is -0.0180. The van der Waals surface area contributed by atoms with Gasteiger partial charge in [-0.15, -0.1) is 0 Å². The van der Waals surface area contributed by atoms with Gasteiger partial charge in [0.15, 0.2) is 0 Å². The zero-order valence-electron chi connectivity index (χ0n) is 11.7. The Morgan fingerprint density at radius 2 is 1.70 bits per heavy atom. The van der Waals surface area contributed by atoms with Gasteiger partial charge in [-0.05, 0) is 25.0 Å². The number of ether oxygens (including phenoxy) is 1. The molecule has 20 heavy (non-hydrogen) atoms. The molecular weight excluding hydrogens is 321 g/mol. The van der Waals surface area contributed by atoms with Crippen molar-refractivity contribution >= 4 is 15.9 Å². The van der Waals surface area contributed by atoms with Gasteiger partial charge < -0.3 is 4.74 Å². The Morgan fingerprint density at radius 3 is 2.30 bits per heavy atom. The number of halogens is 2. The maximum absolute atomic E-state index is 13.3. The van der Waals surface area contributed by atoms with Gasteiger partial charge in [0.2, 0.25) is 0 Å². The average Bonchev–Trinajstić information content (AvgIpc) is 2.46. The fourth-order valence-corrected chi connectivity index (χ4v) is 2.34. The number of hydrogen-bond acceptors (Lipinski definition) is 2. The number of benzene rings is 1. The molecule has 0 N–H and O–H groups in total. The third-order valence-corrected chi connectivity index (χ3v) is 3.67. The molecule has 0 unspecified atom stereocenters. The zero-order chi connectivity index (χ0) is 14.6. The second-order valence-corrected chi connectivity index (χ2v) is 5.56. The Labute approximate surface area is 129 Å². The topological polar surface area (TPSA) is 33.0 Å². The molecule has 0 amide bonds. The maximum Gasteiger partial charge on any atom is 0.144 e. The SMILES string of the molecule is N#Cc1ccc(OCCCCCCCCCBr)cc1F. The number of nitrogens with zero attached hydrogens (tertiary/aromatic N) is 1. The number of unbranched alkanes of at least 4 members (excludes halogenated alkanes) is 6. The fraction of sp³-hybridized carbons (Fsp3) is 0.562. The second kappa shape index (κ2) is 10.7. The standard InChI is InChI=1S/C16H21BrFNO/c17-10-6-4-2-1-3-5-7-11-20-15-9-8-14(13-19)16(18)12-15/h8-9,12H,1-7,10-11H2. The average molecular weight is 342 g/mol. The van der Waals surface area contributed by atoms with Crippen molar-refractivity contribution in [3.63, 3.8) is 0 Å². The van der Waals surface area contributed by atoms with Crippen molar-refractivity contribution in [2.75, 3.05) is 11.9 Å². The highest BCUT2D eigenvalue weighted by atomic mass is 79.9. The summed E-state index contributed by atoms with van der Waals surface area (Å²) in [7, 11) is 0. The van der Waals surface area contributed by atoms with Crippen molar-refractivity contribution in [2.45, 2.75) is 44.9 Å². The molecule has 1 aromatic carbocycles. The smallest absolute Gasteiger partial charge is 0.144 e. The van der Waals surface area contributed by atoms with E-state index in [2.05, 4.69) is 15.9 Å². The van der Waals surface area contributed by atoms with E-state index in [4.69, 9.17) is 10.00 Å². The number of hydrogen-bond donors (Lipinski definition) is 0. The van der Waals surface area contributed by atoms with Gasteiger partial charge in [0.1, 0.15) is 17.6 Å². The molecule has 0 heterocycles. The highest BCUT2D eigenvalue weighted by molar-refractivity contribution is 9.09. The van der Waals surface area contributed by atoms with Gasteiger partial charge >= 0.3 is 0 Å². The van der Waals surface area contributed by atoms with Crippen LogP contribution in [0.15, 0.2) is 18.2 Å². The van der Waals surface area contributed by atoms with E-state index in [1.165, 1.54) is 44.2 Å². The predicted molar refractivity (Wildman–Crippen MR) is 82.7 cm³/mol. The summed E-state index contributed by atoms with van der Waals surface area (Å²) in [4.78, 5) is 0. The van der Waals surface area contributed by atoms with Crippen LogP contribution in [-0.4, -0.2) is 11.9 Å². The summed E-state index contributed by atoms with van der Waals surface area (Å²) in [6, 6.07) is 6.16. The maximum atomic E-state index is 13.3.